The first-order chi connectivity index (χ1) is 21.2. The fourth-order valence-electron chi connectivity index (χ4n) is 4.99. The number of rotatable bonds is 11. The van der Waals surface area contributed by atoms with Gasteiger partial charge in [-0.1, -0.05) is 90.0 Å². The number of nitrogens with one attached hydrogen (secondary N) is 1. The molecule has 0 heterocycles. The van der Waals surface area contributed by atoms with Crippen LogP contribution in [-0.2, 0) is 32.6 Å². The minimum Gasteiger partial charge on any atom is -0.350 e. The summed E-state index contributed by atoms with van der Waals surface area (Å²) in [4.78, 5) is 30.1. The number of anilines is 1. The Morgan fingerprint density at radius 1 is 0.800 bits per heavy atom. The second-order valence-corrected chi connectivity index (χ2v) is 14.5. The summed E-state index contributed by atoms with van der Waals surface area (Å²) in [6.07, 6.45) is 0.233. The Hall–Kier alpha value is -4.14. The molecule has 9 heteroatoms. The van der Waals surface area contributed by atoms with Crippen molar-refractivity contribution in [3.05, 3.63) is 130 Å². The van der Waals surface area contributed by atoms with Gasteiger partial charge >= 0.3 is 0 Å². The molecule has 0 saturated carbocycles. The van der Waals surface area contributed by atoms with E-state index < -0.39 is 34.1 Å². The Labute approximate surface area is 271 Å². The molecule has 4 rings (SSSR count). The second kappa shape index (κ2) is 14.3. The lowest BCUT2D eigenvalue weighted by molar-refractivity contribution is -0.140. The Morgan fingerprint density at radius 3 is 2.00 bits per heavy atom. The minimum absolute atomic E-state index is 0.0667. The van der Waals surface area contributed by atoms with Crippen molar-refractivity contribution < 1.29 is 18.0 Å². The normalized spacial score (nSPS) is 12.3. The number of halogens is 1. The number of sulfonamides is 1. The molecule has 0 spiro atoms. The first-order valence-corrected chi connectivity index (χ1v) is 16.6. The van der Waals surface area contributed by atoms with Crippen molar-refractivity contribution in [3.63, 3.8) is 0 Å². The Morgan fingerprint density at radius 2 is 1.40 bits per heavy atom. The standard InChI is InChI=1S/C36H40ClN3O4S/c1-26-15-21-31(22-16-26)45(43,44)40(32-14-10-9-11-27(32)2)25-34(41)39(24-29-17-19-30(37)20-18-29)33(35(42)38-36(3,4)5)23-28-12-7-6-8-13-28/h6-22,33H,23-25H2,1-5H3,(H,38,42)/t33-/m0/s1. The van der Waals surface area contributed by atoms with Crippen LogP contribution in [0.3, 0.4) is 0 Å². The smallest absolute Gasteiger partial charge is 0.264 e. The van der Waals surface area contributed by atoms with Gasteiger partial charge in [-0.25, -0.2) is 8.42 Å². The third-order valence-corrected chi connectivity index (χ3v) is 9.33. The zero-order valence-electron chi connectivity index (χ0n) is 26.3. The van der Waals surface area contributed by atoms with Gasteiger partial charge in [0, 0.05) is 23.5 Å². The van der Waals surface area contributed by atoms with Gasteiger partial charge in [0.15, 0.2) is 0 Å². The highest BCUT2D eigenvalue weighted by molar-refractivity contribution is 7.92. The van der Waals surface area contributed by atoms with Gasteiger partial charge in [-0.15, -0.1) is 0 Å². The van der Waals surface area contributed by atoms with Crippen molar-refractivity contribution in [2.24, 2.45) is 0 Å². The van der Waals surface area contributed by atoms with Gasteiger partial charge in [0.25, 0.3) is 10.0 Å². The van der Waals surface area contributed by atoms with Gasteiger partial charge in [0.1, 0.15) is 12.6 Å². The van der Waals surface area contributed by atoms with Crippen molar-refractivity contribution >= 4 is 39.1 Å². The number of hydrogen-bond acceptors (Lipinski definition) is 4. The molecule has 0 aliphatic heterocycles. The lowest BCUT2D eigenvalue weighted by atomic mass is 10.0. The maximum absolute atomic E-state index is 14.6. The summed E-state index contributed by atoms with van der Waals surface area (Å²) in [7, 11) is -4.17. The van der Waals surface area contributed by atoms with E-state index in [0.717, 1.165) is 21.0 Å². The molecule has 0 unspecified atom stereocenters. The highest BCUT2D eigenvalue weighted by Crippen LogP contribution is 2.28. The van der Waals surface area contributed by atoms with E-state index in [-0.39, 0.29) is 23.8 Å². The van der Waals surface area contributed by atoms with Gasteiger partial charge in [-0.3, -0.25) is 13.9 Å². The third kappa shape index (κ3) is 8.96. The molecule has 0 saturated heterocycles. The molecule has 45 heavy (non-hydrogen) atoms. The van der Waals surface area contributed by atoms with Gasteiger partial charge < -0.3 is 10.2 Å². The first kappa shape index (κ1) is 33.7. The lowest BCUT2D eigenvalue weighted by Crippen LogP contribution is -2.56. The summed E-state index contributed by atoms with van der Waals surface area (Å²) in [6.45, 7) is 8.87. The molecular weight excluding hydrogens is 606 g/mol. The maximum Gasteiger partial charge on any atom is 0.264 e. The molecule has 2 amide bonds. The molecule has 0 bridgehead atoms. The zero-order chi connectivity index (χ0) is 32.8. The van der Waals surface area contributed by atoms with E-state index in [2.05, 4.69) is 5.32 Å². The summed E-state index contributed by atoms with van der Waals surface area (Å²) in [5, 5.41) is 3.58. The number of nitrogens with zero attached hydrogens (tertiary/aromatic N) is 2. The van der Waals surface area contributed by atoms with Gasteiger partial charge in [0.05, 0.1) is 10.6 Å². The highest BCUT2D eigenvalue weighted by Gasteiger charge is 2.36. The predicted octanol–water partition coefficient (Wildman–Crippen LogP) is 6.71. The summed E-state index contributed by atoms with van der Waals surface area (Å²) < 4.78 is 29.5. The van der Waals surface area contributed by atoms with E-state index in [1.165, 1.54) is 4.90 Å². The van der Waals surface area contributed by atoms with Gasteiger partial charge in [-0.2, -0.15) is 0 Å². The van der Waals surface area contributed by atoms with Crippen molar-refractivity contribution in [1.29, 1.82) is 0 Å². The molecule has 0 radical (unpaired) electrons. The fraction of sp³-hybridized carbons (Fsp3) is 0.278. The van der Waals surface area contributed by atoms with Crippen LogP contribution in [-0.4, -0.2) is 43.3 Å². The van der Waals surface area contributed by atoms with E-state index >= 15 is 0 Å². The summed E-state index contributed by atoms with van der Waals surface area (Å²) in [5.41, 5.74) is 3.04. The van der Waals surface area contributed by atoms with Crippen molar-refractivity contribution in [2.45, 2.75) is 64.1 Å². The molecule has 0 aliphatic rings. The Kier molecular flexibility index (Phi) is 10.7. The predicted molar refractivity (Wildman–Crippen MR) is 181 cm³/mol. The minimum atomic E-state index is -4.17. The second-order valence-electron chi connectivity index (χ2n) is 12.2. The molecule has 236 valence electrons. The number of carbonyl (C=O) groups excluding carboxylic acids is 2. The highest BCUT2D eigenvalue weighted by atomic mass is 35.5. The van der Waals surface area contributed by atoms with Crippen LogP contribution in [0, 0.1) is 13.8 Å². The van der Waals surface area contributed by atoms with Crippen LogP contribution in [0.1, 0.15) is 43.0 Å². The van der Waals surface area contributed by atoms with Crippen molar-refractivity contribution in [3.8, 4) is 0 Å². The molecule has 0 fully saturated rings. The molecule has 1 N–H and O–H groups in total. The lowest BCUT2D eigenvalue weighted by Gasteiger charge is -2.35. The van der Waals surface area contributed by atoms with E-state index in [9.17, 15) is 18.0 Å². The third-order valence-electron chi connectivity index (χ3n) is 7.31. The van der Waals surface area contributed by atoms with Crippen molar-refractivity contribution in [2.75, 3.05) is 10.8 Å². The Balaban J connectivity index is 1.82. The monoisotopic (exact) mass is 645 g/mol. The molecule has 1 atom stereocenters. The fourth-order valence-corrected chi connectivity index (χ4v) is 6.59. The maximum atomic E-state index is 14.6. The van der Waals surface area contributed by atoms with Crippen molar-refractivity contribution in [1.82, 2.24) is 10.2 Å². The van der Waals surface area contributed by atoms with Crippen LogP contribution in [0.2, 0.25) is 5.02 Å². The average molecular weight is 646 g/mol. The SMILES string of the molecule is Cc1ccc(S(=O)(=O)N(CC(=O)N(Cc2ccc(Cl)cc2)[C@@H](Cc2ccccc2)C(=O)NC(C)(C)C)c2ccccc2C)cc1. The molecule has 0 aliphatic carbocycles. The number of amides is 2. The van der Waals surface area contributed by atoms with Gasteiger partial charge in [0.2, 0.25) is 11.8 Å². The molecule has 4 aromatic rings. The summed E-state index contributed by atoms with van der Waals surface area (Å²) >= 11 is 6.16. The van der Waals surface area contributed by atoms with Crippen LogP contribution in [0.4, 0.5) is 5.69 Å². The average Bonchev–Trinajstić information content (AvgIpc) is 2.99. The summed E-state index contributed by atoms with van der Waals surface area (Å²) in [6, 6.07) is 29.2. The Bertz CT molecular complexity index is 1720. The van der Waals surface area contributed by atoms with Crippen LogP contribution < -0.4 is 9.62 Å². The van der Waals surface area contributed by atoms with Gasteiger partial charge in [-0.05, 0) is 81.6 Å². The number of carbonyl (C=O) groups is 2. The largest absolute Gasteiger partial charge is 0.350 e. The molecule has 4 aromatic carbocycles. The summed E-state index contributed by atoms with van der Waals surface area (Å²) in [5.74, 6) is -0.855. The first-order valence-electron chi connectivity index (χ1n) is 14.8. The number of aryl methyl sites for hydroxylation is 2. The molecular formula is C36H40ClN3O4S. The quantitative estimate of drug-likeness (QED) is 0.197. The number of para-hydroxylation sites is 1. The van der Waals surface area contributed by atoms with E-state index in [0.29, 0.717) is 16.3 Å². The van der Waals surface area contributed by atoms with Crippen LogP contribution in [0.5, 0.6) is 0 Å². The van der Waals surface area contributed by atoms with E-state index in [4.69, 9.17) is 11.6 Å². The molecule has 7 nitrogen and oxygen atoms in total. The molecule has 0 aromatic heterocycles. The topological polar surface area (TPSA) is 86.8 Å². The number of hydrogen-bond donors (Lipinski definition) is 1. The van der Waals surface area contributed by atoms with Crippen LogP contribution in [0.25, 0.3) is 0 Å². The van der Waals surface area contributed by atoms with E-state index in [1.807, 2.05) is 64.1 Å². The van der Waals surface area contributed by atoms with Crippen LogP contribution in [0.15, 0.2) is 108 Å². The van der Waals surface area contributed by atoms with E-state index in [1.54, 1.807) is 73.7 Å². The van der Waals surface area contributed by atoms with Crippen LogP contribution >= 0.6 is 11.6 Å². The number of benzene rings is 4. The zero-order valence-corrected chi connectivity index (χ0v) is 27.9.